The van der Waals surface area contributed by atoms with Crippen molar-refractivity contribution in [3.8, 4) is 5.75 Å². The van der Waals surface area contributed by atoms with Crippen molar-refractivity contribution in [2.24, 2.45) is 0 Å². The van der Waals surface area contributed by atoms with Gasteiger partial charge in [-0.3, -0.25) is 9.78 Å². The smallest absolute Gasteiger partial charge is 0.252 e. The summed E-state index contributed by atoms with van der Waals surface area (Å²) >= 11 is 5.34. The number of rotatable bonds is 4. The Morgan fingerprint density at radius 3 is 2.44 bits per heavy atom. The van der Waals surface area contributed by atoms with Gasteiger partial charge >= 0.3 is 0 Å². The van der Waals surface area contributed by atoms with Crippen molar-refractivity contribution in [3.05, 3.63) is 59.9 Å². The largest absolute Gasteiger partial charge is 0.487 e. The molecule has 94 valence electrons. The summed E-state index contributed by atoms with van der Waals surface area (Å²) in [6, 6.07) is 12.3. The molecular weight excluding hydrogens is 273 g/mol. The van der Waals surface area contributed by atoms with Crippen LogP contribution in [0.1, 0.15) is 16.1 Å². The van der Waals surface area contributed by atoms with Crippen molar-refractivity contribution in [1.29, 1.82) is 0 Å². The van der Waals surface area contributed by atoms with E-state index >= 15 is 0 Å². The fourth-order valence-corrected chi connectivity index (χ4v) is 1.45. The zero-order valence-corrected chi connectivity index (χ0v) is 10.9. The number of nitrogens with zero attached hydrogens (tertiary/aromatic N) is 1. The second kappa shape index (κ2) is 6.99. The third-order valence-electron chi connectivity index (χ3n) is 2.19. The van der Waals surface area contributed by atoms with Crippen LogP contribution >= 0.6 is 24.0 Å². The van der Waals surface area contributed by atoms with Gasteiger partial charge in [-0.15, -0.1) is 12.4 Å². The van der Waals surface area contributed by atoms with Gasteiger partial charge in [-0.05, 0) is 48.0 Å². The molecule has 0 N–H and O–H groups in total. The molecule has 0 bridgehead atoms. The van der Waals surface area contributed by atoms with Crippen LogP contribution in [0.2, 0.25) is 0 Å². The van der Waals surface area contributed by atoms with Crippen LogP contribution in [-0.4, -0.2) is 10.2 Å². The molecule has 0 aliphatic carbocycles. The van der Waals surface area contributed by atoms with Gasteiger partial charge in [0.15, 0.2) is 0 Å². The Hall–Kier alpha value is -1.58. The van der Waals surface area contributed by atoms with E-state index in [0.29, 0.717) is 17.9 Å². The number of hydrogen-bond acceptors (Lipinski definition) is 3. The van der Waals surface area contributed by atoms with Crippen molar-refractivity contribution in [2.45, 2.75) is 6.61 Å². The van der Waals surface area contributed by atoms with Gasteiger partial charge in [0.1, 0.15) is 12.4 Å². The number of aromatic nitrogens is 1. The Morgan fingerprint density at radius 1 is 1.17 bits per heavy atom. The first-order valence-corrected chi connectivity index (χ1v) is 5.46. The molecule has 0 amide bonds. The molecule has 18 heavy (non-hydrogen) atoms. The van der Waals surface area contributed by atoms with E-state index in [9.17, 15) is 4.79 Å². The van der Waals surface area contributed by atoms with E-state index in [4.69, 9.17) is 16.3 Å². The van der Waals surface area contributed by atoms with E-state index in [1.807, 2.05) is 18.2 Å². The van der Waals surface area contributed by atoms with Crippen LogP contribution in [-0.2, 0) is 6.61 Å². The number of hydrogen-bond donors (Lipinski definition) is 0. The quantitative estimate of drug-likeness (QED) is 0.807. The number of carbonyl (C=O) groups is 1. The Labute approximate surface area is 116 Å². The third kappa shape index (κ3) is 4.02. The molecule has 0 unspecified atom stereocenters. The highest BCUT2D eigenvalue weighted by Crippen LogP contribution is 2.14. The molecule has 0 radical (unpaired) electrons. The number of carbonyl (C=O) groups excluding carboxylic acids is 1. The molecule has 1 aromatic heterocycles. The molecule has 1 heterocycles. The van der Waals surface area contributed by atoms with Gasteiger partial charge in [0, 0.05) is 11.8 Å². The Morgan fingerprint density at radius 2 is 1.89 bits per heavy atom. The standard InChI is InChI=1S/C13H10ClNO2.ClH/c14-13(16)10-4-6-12(7-5-10)17-9-11-3-1-2-8-15-11;/h1-8H,9H2;1H. The summed E-state index contributed by atoms with van der Waals surface area (Å²) in [7, 11) is 0. The summed E-state index contributed by atoms with van der Waals surface area (Å²) in [6.07, 6.45) is 1.72. The SMILES string of the molecule is Cl.O=C(Cl)c1ccc(OCc2ccccn2)cc1. The van der Waals surface area contributed by atoms with E-state index in [2.05, 4.69) is 4.98 Å². The summed E-state index contributed by atoms with van der Waals surface area (Å²) in [4.78, 5) is 15.0. The number of ether oxygens (including phenoxy) is 1. The lowest BCUT2D eigenvalue weighted by atomic mass is 10.2. The minimum Gasteiger partial charge on any atom is -0.487 e. The average Bonchev–Trinajstić information content (AvgIpc) is 2.38. The maximum Gasteiger partial charge on any atom is 0.252 e. The molecule has 0 spiro atoms. The maximum atomic E-state index is 10.9. The first-order valence-electron chi connectivity index (χ1n) is 5.08. The molecule has 0 atom stereocenters. The number of halogens is 2. The van der Waals surface area contributed by atoms with Gasteiger partial charge < -0.3 is 4.74 Å². The highest BCUT2D eigenvalue weighted by molar-refractivity contribution is 6.67. The maximum absolute atomic E-state index is 10.9. The van der Waals surface area contributed by atoms with Gasteiger partial charge in [-0.25, -0.2) is 0 Å². The lowest BCUT2D eigenvalue weighted by Crippen LogP contribution is -1.97. The molecule has 0 fully saturated rings. The van der Waals surface area contributed by atoms with Crippen molar-refractivity contribution in [3.63, 3.8) is 0 Å². The van der Waals surface area contributed by atoms with Crippen molar-refractivity contribution in [1.82, 2.24) is 4.98 Å². The van der Waals surface area contributed by atoms with E-state index in [1.165, 1.54) is 0 Å². The van der Waals surface area contributed by atoms with Crippen LogP contribution in [0.5, 0.6) is 5.75 Å². The average molecular weight is 284 g/mol. The highest BCUT2D eigenvalue weighted by atomic mass is 35.5. The normalized spacial score (nSPS) is 9.39. The van der Waals surface area contributed by atoms with E-state index < -0.39 is 5.24 Å². The molecule has 0 saturated carbocycles. The predicted molar refractivity (Wildman–Crippen MR) is 72.4 cm³/mol. The first kappa shape index (κ1) is 14.5. The van der Waals surface area contributed by atoms with Gasteiger partial charge in [-0.1, -0.05) is 6.07 Å². The van der Waals surface area contributed by atoms with E-state index in [1.54, 1.807) is 30.5 Å². The van der Waals surface area contributed by atoms with Gasteiger partial charge in [0.25, 0.3) is 5.24 Å². The minimum absolute atomic E-state index is 0. The summed E-state index contributed by atoms with van der Waals surface area (Å²) < 4.78 is 5.51. The summed E-state index contributed by atoms with van der Waals surface area (Å²) in [5, 5.41) is -0.471. The molecule has 2 aromatic rings. The molecule has 5 heteroatoms. The van der Waals surface area contributed by atoms with E-state index in [0.717, 1.165) is 5.69 Å². The van der Waals surface area contributed by atoms with Crippen LogP contribution < -0.4 is 4.74 Å². The first-order chi connectivity index (χ1) is 8.25. The topological polar surface area (TPSA) is 39.2 Å². The van der Waals surface area contributed by atoms with Crippen molar-refractivity contribution in [2.75, 3.05) is 0 Å². The monoisotopic (exact) mass is 283 g/mol. The molecule has 0 aliphatic rings. The summed E-state index contributed by atoms with van der Waals surface area (Å²) in [5.41, 5.74) is 1.31. The molecule has 3 nitrogen and oxygen atoms in total. The molecule has 2 rings (SSSR count). The fourth-order valence-electron chi connectivity index (χ4n) is 1.32. The van der Waals surface area contributed by atoms with Crippen molar-refractivity contribution >= 4 is 29.3 Å². The highest BCUT2D eigenvalue weighted by Gasteiger charge is 2.01. The second-order valence-corrected chi connectivity index (χ2v) is 3.75. The van der Waals surface area contributed by atoms with E-state index in [-0.39, 0.29) is 12.4 Å². The lowest BCUT2D eigenvalue weighted by Gasteiger charge is -2.05. The molecule has 1 aromatic carbocycles. The Kier molecular flexibility index (Phi) is 5.62. The zero-order chi connectivity index (χ0) is 12.1. The molecule has 0 aliphatic heterocycles. The van der Waals surface area contributed by atoms with Gasteiger partial charge in [0.05, 0.1) is 5.69 Å². The summed E-state index contributed by atoms with van der Waals surface area (Å²) in [6.45, 7) is 0.398. The van der Waals surface area contributed by atoms with Crippen LogP contribution in [0.4, 0.5) is 0 Å². The molecular formula is C13H11Cl2NO2. The van der Waals surface area contributed by atoms with Crippen LogP contribution in [0.3, 0.4) is 0 Å². The minimum atomic E-state index is -0.471. The second-order valence-electron chi connectivity index (χ2n) is 3.41. The number of benzene rings is 1. The van der Waals surface area contributed by atoms with Gasteiger partial charge in [-0.2, -0.15) is 0 Å². The third-order valence-corrected chi connectivity index (χ3v) is 2.41. The Balaban J connectivity index is 0.00000162. The van der Waals surface area contributed by atoms with Crippen molar-refractivity contribution < 1.29 is 9.53 Å². The van der Waals surface area contributed by atoms with Gasteiger partial charge in [0.2, 0.25) is 0 Å². The Bertz CT molecular complexity index is 500. The molecule has 0 saturated heterocycles. The lowest BCUT2D eigenvalue weighted by molar-refractivity contribution is 0.108. The van der Waals surface area contributed by atoms with Crippen LogP contribution in [0, 0.1) is 0 Å². The number of pyridine rings is 1. The van der Waals surface area contributed by atoms with Crippen LogP contribution in [0.15, 0.2) is 48.7 Å². The van der Waals surface area contributed by atoms with Crippen LogP contribution in [0.25, 0.3) is 0 Å². The predicted octanol–water partition coefficient (Wildman–Crippen LogP) is 3.46. The summed E-state index contributed by atoms with van der Waals surface area (Å²) in [5.74, 6) is 0.678. The zero-order valence-electron chi connectivity index (χ0n) is 9.38. The fraction of sp³-hybridized carbons (Fsp3) is 0.0769.